The zero-order chi connectivity index (χ0) is 12.0. The van der Waals surface area contributed by atoms with Crippen LogP contribution in [0.15, 0.2) is 0 Å². The van der Waals surface area contributed by atoms with E-state index in [0.717, 1.165) is 13.0 Å². The topological polar surface area (TPSA) is 58.4 Å². The van der Waals surface area contributed by atoms with Crippen molar-refractivity contribution in [2.24, 2.45) is 11.7 Å². The molecule has 0 bridgehead atoms. The molecule has 0 aliphatic rings. The summed E-state index contributed by atoms with van der Waals surface area (Å²) in [5.41, 5.74) is 5.25. The van der Waals surface area contributed by atoms with E-state index < -0.39 is 0 Å². The largest absolute Gasteiger partial charge is 0.368 e. The maximum Gasteiger partial charge on any atom is 0.234 e. The Balaban J connectivity index is 3.98. The van der Waals surface area contributed by atoms with Gasteiger partial charge in [-0.1, -0.05) is 13.8 Å². The van der Waals surface area contributed by atoms with Gasteiger partial charge >= 0.3 is 0 Å². The van der Waals surface area contributed by atoms with Crippen molar-refractivity contribution in [3.05, 3.63) is 0 Å². The molecule has 0 spiro atoms. The summed E-state index contributed by atoms with van der Waals surface area (Å²) in [7, 11) is 3.85. The fourth-order valence-corrected chi connectivity index (χ4v) is 1.47. The normalized spacial score (nSPS) is 15.7. The van der Waals surface area contributed by atoms with E-state index in [4.69, 9.17) is 5.73 Å². The van der Waals surface area contributed by atoms with Crippen LogP contribution in [0.2, 0.25) is 0 Å². The Hall–Kier alpha value is -0.610. The number of carbonyl (C=O) groups excluding carboxylic acids is 1. The maximum absolute atomic E-state index is 11.0. The fourth-order valence-electron chi connectivity index (χ4n) is 1.47. The van der Waals surface area contributed by atoms with Crippen molar-refractivity contribution in [2.45, 2.75) is 39.3 Å². The molecule has 3 N–H and O–H groups in total. The number of nitrogens with zero attached hydrogens (tertiary/aromatic N) is 1. The third-order valence-corrected chi connectivity index (χ3v) is 3.12. The van der Waals surface area contributed by atoms with Crippen LogP contribution < -0.4 is 11.1 Å². The third-order valence-electron chi connectivity index (χ3n) is 3.12. The predicted molar refractivity (Wildman–Crippen MR) is 63.6 cm³/mol. The highest BCUT2D eigenvalue weighted by atomic mass is 16.1. The molecule has 0 aromatic heterocycles. The quantitative estimate of drug-likeness (QED) is 0.647. The number of nitrogens with two attached hydrogens (primary N) is 1. The van der Waals surface area contributed by atoms with Gasteiger partial charge < -0.3 is 16.0 Å². The maximum atomic E-state index is 11.0. The molecule has 0 aromatic carbocycles. The van der Waals surface area contributed by atoms with Gasteiger partial charge in [0.25, 0.3) is 0 Å². The molecule has 0 radical (unpaired) electrons. The number of rotatable bonds is 7. The molecule has 0 rings (SSSR count). The molecule has 2 unspecified atom stereocenters. The number of amides is 1. The van der Waals surface area contributed by atoms with Crippen molar-refractivity contribution in [3.8, 4) is 0 Å². The van der Waals surface area contributed by atoms with Crippen LogP contribution in [-0.4, -0.2) is 43.5 Å². The molecule has 4 nitrogen and oxygen atoms in total. The van der Waals surface area contributed by atoms with Crippen LogP contribution in [-0.2, 0) is 4.79 Å². The minimum absolute atomic E-state index is 0.216. The lowest BCUT2D eigenvalue weighted by Gasteiger charge is -2.28. The highest BCUT2D eigenvalue weighted by Crippen LogP contribution is 2.08. The molecule has 0 saturated heterocycles. The first-order chi connectivity index (χ1) is 6.90. The monoisotopic (exact) mass is 215 g/mol. The van der Waals surface area contributed by atoms with Crippen LogP contribution in [0.4, 0.5) is 0 Å². The van der Waals surface area contributed by atoms with E-state index in [1.807, 2.05) is 0 Å². The Bertz CT molecular complexity index is 194. The van der Waals surface area contributed by atoms with Crippen LogP contribution in [0.5, 0.6) is 0 Å². The molecule has 90 valence electrons. The Kier molecular flexibility index (Phi) is 6.52. The summed E-state index contributed by atoms with van der Waals surface area (Å²) in [5, 5.41) is 2.92. The van der Waals surface area contributed by atoms with Gasteiger partial charge in [-0.15, -0.1) is 0 Å². The number of primary amides is 1. The molecular formula is C11H25N3O. The average Bonchev–Trinajstić information content (AvgIpc) is 2.16. The summed E-state index contributed by atoms with van der Waals surface area (Å²) < 4.78 is 0. The van der Waals surface area contributed by atoms with Gasteiger partial charge in [-0.3, -0.25) is 4.79 Å². The minimum atomic E-state index is -0.275. The van der Waals surface area contributed by atoms with Crippen molar-refractivity contribution >= 4 is 5.91 Å². The van der Waals surface area contributed by atoms with Crippen molar-refractivity contribution in [1.29, 1.82) is 0 Å². The van der Waals surface area contributed by atoms with E-state index >= 15 is 0 Å². The zero-order valence-electron chi connectivity index (χ0n) is 10.6. The average molecular weight is 215 g/mol. The molecular weight excluding hydrogens is 190 g/mol. The highest BCUT2D eigenvalue weighted by Gasteiger charge is 2.17. The number of hydrogen-bond donors (Lipinski definition) is 2. The fraction of sp³-hybridized carbons (Fsp3) is 0.909. The lowest BCUT2D eigenvalue weighted by molar-refractivity contribution is -0.120. The molecule has 0 fully saturated rings. The first kappa shape index (κ1) is 14.4. The van der Waals surface area contributed by atoms with Gasteiger partial charge in [-0.05, 0) is 33.4 Å². The molecule has 0 aliphatic heterocycles. The number of hydrogen-bond acceptors (Lipinski definition) is 3. The van der Waals surface area contributed by atoms with Crippen LogP contribution >= 0.6 is 0 Å². The van der Waals surface area contributed by atoms with Gasteiger partial charge in [-0.25, -0.2) is 0 Å². The molecule has 15 heavy (non-hydrogen) atoms. The van der Waals surface area contributed by atoms with Gasteiger partial charge in [0, 0.05) is 12.6 Å². The number of nitrogens with one attached hydrogen (secondary N) is 1. The zero-order valence-corrected chi connectivity index (χ0v) is 10.6. The van der Waals surface area contributed by atoms with Crippen molar-refractivity contribution in [3.63, 3.8) is 0 Å². The van der Waals surface area contributed by atoms with E-state index in [1.54, 1.807) is 7.05 Å². The SMILES string of the molecule is CNC(CCN(C)C(C)C(C)C)C(N)=O. The highest BCUT2D eigenvalue weighted by molar-refractivity contribution is 5.79. The van der Waals surface area contributed by atoms with Gasteiger partial charge in [0.05, 0.1) is 6.04 Å². The van der Waals surface area contributed by atoms with Crippen molar-refractivity contribution < 1.29 is 4.79 Å². The van der Waals surface area contributed by atoms with Gasteiger partial charge in [-0.2, -0.15) is 0 Å². The van der Waals surface area contributed by atoms with Crippen molar-refractivity contribution in [2.75, 3.05) is 20.6 Å². The van der Waals surface area contributed by atoms with E-state index in [0.29, 0.717) is 12.0 Å². The second-order valence-corrected chi connectivity index (χ2v) is 4.50. The second kappa shape index (κ2) is 6.80. The molecule has 2 atom stereocenters. The van der Waals surface area contributed by atoms with E-state index in [-0.39, 0.29) is 11.9 Å². The standard InChI is InChI=1S/C11H25N3O/c1-8(2)9(3)14(5)7-6-10(13-4)11(12)15/h8-10,13H,6-7H2,1-5H3,(H2,12,15). The smallest absolute Gasteiger partial charge is 0.234 e. The van der Waals surface area contributed by atoms with Gasteiger partial charge in [0.15, 0.2) is 0 Å². The van der Waals surface area contributed by atoms with E-state index in [2.05, 4.69) is 38.0 Å². The number of likely N-dealkylation sites (N-methyl/N-ethyl adjacent to an activating group) is 1. The Morgan fingerprint density at radius 3 is 2.27 bits per heavy atom. The van der Waals surface area contributed by atoms with Crippen LogP contribution in [0.25, 0.3) is 0 Å². The molecule has 4 heteroatoms. The molecule has 0 aliphatic carbocycles. The Morgan fingerprint density at radius 2 is 1.93 bits per heavy atom. The summed E-state index contributed by atoms with van der Waals surface area (Å²) in [6.45, 7) is 7.48. The Morgan fingerprint density at radius 1 is 1.40 bits per heavy atom. The van der Waals surface area contributed by atoms with Crippen LogP contribution in [0.1, 0.15) is 27.2 Å². The number of carbonyl (C=O) groups is 1. The molecule has 0 aromatic rings. The predicted octanol–water partition coefficient (Wildman–Crippen LogP) is 0.426. The summed E-state index contributed by atoms with van der Waals surface area (Å²) >= 11 is 0. The van der Waals surface area contributed by atoms with E-state index in [9.17, 15) is 4.79 Å². The lowest BCUT2D eigenvalue weighted by atomic mass is 10.0. The van der Waals surface area contributed by atoms with Gasteiger partial charge in [0.2, 0.25) is 5.91 Å². The van der Waals surface area contributed by atoms with Crippen molar-refractivity contribution in [1.82, 2.24) is 10.2 Å². The summed E-state index contributed by atoms with van der Waals surface area (Å²) in [6.07, 6.45) is 0.763. The summed E-state index contributed by atoms with van der Waals surface area (Å²) in [5.74, 6) is 0.347. The van der Waals surface area contributed by atoms with Crippen LogP contribution in [0.3, 0.4) is 0 Å². The third kappa shape index (κ3) is 5.14. The first-order valence-electron chi connectivity index (χ1n) is 5.57. The van der Waals surface area contributed by atoms with Crippen LogP contribution in [0, 0.1) is 5.92 Å². The summed E-state index contributed by atoms with van der Waals surface area (Å²) in [6, 6.07) is 0.308. The summed E-state index contributed by atoms with van der Waals surface area (Å²) in [4.78, 5) is 13.2. The van der Waals surface area contributed by atoms with E-state index in [1.165, 1.54) is 0 Å². The minimum Gasteiger partial charge on any atom is -0.368 e. The van der Waals surface area contributed by atoms with Gasteiger partial charge in [0.1, 0.15) is 0 Å². The first-order valence-corrected chi connectivity index (χ1v) is 5.57. The lowest BCUT2D eigenvalue weighted by Crippen LogP contribution is -2.43. The second-order valence-electron chi connectivity index (χ2n) is 4.50. The molecule has 0 heterocycles. The molecule has 1 amide bonds. The Labute approximate surface area is 93.2 Å². The molecule has 0 saturated carbocycles.